The normalized spacial score (nSPS) is 22.4. The van der Waals surface area contributed by atoms with Crippen LogP contribution in [0.1, 0.15) is 19.3 Å². The van der Waals surface area contributed by atoms with Gasteiger partial charge in [0.1, 0.15) is 11.4 Å². The Morgan fingerprint density at radius 1 is 1.27 bits per heavy atom. The van der Waals surface area contributed by atoms with Crippen LogP contribution in [0.2, 0.25) is 0 Å². The summed E-state index contributed by atoms with van der Waals surface area (Å²) >= 11 is 0. The highest BCUT2D eigenvalue weighted by Crippen LogP contribution is 2.34. The van der Waals surface area contributed by atoms with Crippen molar-refractivity contribution in [1.29, 1.82) is 0 Å². The number of likely N-dealkylation sites (tertiary alicyclic amines) is 1. The molecule has 3 amide bonds. The first kappa shape index (κ1) is 18.2. The molecule has 1 unspecified atom stereocenters. The molecule has 0 aliphatic carbocycles. The largest absolute Gasteiger partial charge is 0.495 e. The summed E-state index contributed by atoms with van der Waals surface area (Å²) in [4.78, 5) is 39.7. The number of ether oxygens (including phenoxy) is 1. The second-order valence-electron chi connectivity index (χ2n) is 6.80. The summed E-state index contributed by atoms with van der Waals surface area (Å²) < 4.78 is 5.30. The average Bonchev–Trinajstić information content (AvgIpc) is 3.03. The van der Waals surface area contributed by atoms with Crippen molar-refractivity contribution in [3.8, 4) is 5.75 Å². The van der Waals surface area contributed by atoms with Gasteiger partial charge in [-0.15, -0.1) is 0 Å². The molecule has 1 atom stereocenters. The summed E-state index contributed by atoms with van der Waals surface area (Å²) in [5.74, 6) is -0.894. The Bertz CT molecular complexity index is 727. The summed E-state index contributed by atoms with van der Waals surface area (Å²) in [5.41, 5.74) is 4.32. The maximum atomic E-state index is 12.8. The highest BCUT2D eigenvalue weighted by Gasteiger charge is 2.42. The quantitative estimate of drug-likeness (QED) is 0.777. The number of methoxy groups -OCH3 is 1. The summed E-state index contributed by atoms with van der Waals surface area (Å²) in [7, 11) is 1.54. The molecule has 0 bridgehead atoms. The molecule has 26 heavy (non-hydrogen) atoms. The Morgan fingerprint density at radius 3 is 2.54 bits per heavy atom. The van der Waals surface area contributed by atoms with Crippen molar-refractivity contribution in [1.82, 2.24) is 4.90 Å². The van der Waals surface area contributed by atoms with E-state index in [0.717, 1.165) is 0 Å². The number of nitrogens with zero attached hydrogens (tertiary/aromatic N) is 2. The third-order valence-corrected chi connectivity index (χ3v) is 5.21. The lowest BCUT2D eigenvalue weighted by Gasteiger charge is -2.37. The molecular formula is C18H23N3O5. The van der Waals surface area contributed by atoms with Crippen LogP contribution in [-0.4, -0.2) is 60.1 Å². The molecular weight excluding hydrogens is 338 g/mol. The van der Waals surface area contributed by atoms with Crippen molar-refractivity contribution in [3.63, 3.8) is 0 Å². The van der Waals surface area contributed by atoms with E-state index in [9.17, 15) is 19.5 Å². The van der Waals surface area contributed by atoms with Crippen LogP contribution in [-0.2, 0) is 14.4 Å². The van der Waals surface area contributed by atoms with Gasteiger partial charge in [0.05, 0.1) is 18.7 Å². The van der Waals surface area contributed by atoms with E-state index in [0.29, 0.717) is 11.4 Å². The third-order valence-electron chi connectivity index (χ3n) is 5.21. The number of carbonyl (C=O) groups excluding carboxylic acids is 3. The number of hydrogen-bond acceptors (Lipinski definition) is 5. The number of anilines is 1. The number of rotatable bonds is 4. The number of amides is 3. The van der Waals surface area contributed by atoms with Crippen molar-refractivity contribution in [2.24, 2.45) is 11.7 Å². The SMILES string of the molecule is COc1ccccc1N1CC(C(=O)N2CCC(O)(C(N)=O)CC2)CC1=O. The van der Waals surface area contributed by atoms with Gasteiger partial charge in [-0.2, -0.15) is 0 Å². The highest BCUT2D eigenvalue weighted by atomic mass is 16.5. The minimum absolute atomic E-state index is 0.116. The van der Waals surface area contributed by atoms with E-state index in [1.54, 1.807) is 21.9 Å². The zero-order valence-electron chi connectivity index (χ0n) is 14.7. The molecule has 0 radical (unpaired) electrons. The van der Waals surface area contributed by atoms with E-state index in [4.69, 9.17) is 10.5 Å². The minimum atomic E-state index is -1.55. The van der Waals surface area contributed by atoms with Crippen LogP contribution >= 0.6 is 0 Å². The Kier molecular flexibility index (Phi) is 4.86. The average molecular weight is 361 g/mol. The zero-order chi connectivity index (χ0) is 18.9. The first-order valence-electron chi connectivity index (χ1n) is 8.60. The van der Waals surface area contributed by atoms with Crippen molar-refractivity contribution in [2.45, 2.75) is 24.9 Å². The molecule has 0 spiro atoms. The molecule has 3 rings (SSSR count). The molecule has 1 aromatic carbocycles. The molecule has 140 valence electrons. The Labute approximate surface area is 151 Å². The highest BCUT2D eigenvalue weighted by molar-refractivity contribution is 6.01. The van der Waals surface area contributed by atoms with Crippen molar-refractivity contribution < 1.29 is 24.2 Å². The van der Waals surface area contributed by atoms with Gasteiger partial charge < -0.3 is 25.4 Å². The molecule has 2 heterocycles. The summed E-state index contributed by atoms with van der Waals surface area (Å²) in [5, 5.41) is 10.1. The van der Waals surface area contributed by atoms with E-state index in [1.165, 1.54) is 7.11 Å². The summed E-state index contributed by atoms with van der Waals surface area (Å²) in [6.45, 7) is 0.782. The lowest BCUT2D eigenvalue weighted by atomic mass is 9.90. The Balaban J connectivity index is 1.67. The molecule has 2 saturated heterocycles. The van der Waals surface area contributed by atoms with Crippen LogP contribution in [0, 0.1) is 5.92 Å². The molecule has 2 fully saturated rings. The molecule has 2 aliphatic heterocycles. The summed E-state index contributed by atoms with van der Waals surface area (Å²) in [6.07, 6.45) is 0.364. The fraction of sp³-hybridized carbons (Fsp3) is 0.500. The van der Waals surface area contributed by atoms with E-state index >= 15 is 0 Å². The van der Waals surface area contributed by atoms with E-state index in [-0.39, 0.29) is 50.7 Å². The van der Waals surface area contributed by atoms with Gasteiger partial charge in [0.15, 0.2) is 0 Å². The lowest BCUT2D eigenvalue weighted by Crippen LogP contribution is -2.54. The van der Waals surface area contributed by atoms with Crippen LogP contribution in [0.5, 0.6) is 5.75 Å². The standard InChI is InChI=1S/C18H23N3O5/c1-26-14-5-3-2-4-13(14)21-11-12(10-15(21)22)16(23)20-8-6-18(25,7-9-20)17(19)24/h2-5,12,25H,6-11H2,1H3,(H2,19,24). The zero-order valence-corrected chi connectivity index (χ0v) is 14.7. The molecule has 0 saturated carbocycles. The number of benzene rings is 1. The number of carbonyl (C=O) groups is 3. The maximum Gasteiger partial charge on any atom is 0.249 e. The van der Waals surface area contributed by atoms with Gasteiger partial charge >= 0.3 is 0 Å². The first-order valence-corrected chi connectivity index (χ1v) is 8.60. The molecule has 1 aromatic rings. The number of hydrogen-bond donors (Lipinski definition) is 2. The summed E-state index contributed by atoms with van der Waals surface area (Å²) in [6, 6.07) is 7.19. The molecule has 8 nitrogen and oxygen atoms in total. The lowest BCUT2D eigenvalue weighted by molar-refractivity contribution is -0.148. The van der Waals surface area contributed by atoms with Gasteiger partial charge in [0.2, 0.25) is 17.7 Å². The number of para-hydroxylation sites is 2. The molecule has 0 aromatic heterocycles. The van der Waals surface area contributed by atoms with Crippen LogP contribution in [0.3, 0.4) is 0 Å². The molecule has 2 aliphatic rings. The first-order chi connectivity index (χ1) is 12.4. The van der Waals surface area contributed by atoms with Gasteiger partial charge in [-0.05, 0) is 12.1 Å². The Morgan fingerprint density at radius 2 is 1.92 bits per heavy atom. The van der Waals surface area contributed by atoms with Crippen molar-refractivity contribution >= 4 is 23.4 Å². The fourth-order valence-corrected chi connectivity index (χ4v) is 3.56. The predicted molar refractivity (Wildman–Crippen MR) is 93.4 cm³/mol. The fourth-order valence-electron chi connectivity index (χ4n) is 3.56. The smallest absolute Gasteiger partial charge is 0.249 e. The van der Waals surface area contributed by atoms with Crippen molar-refractivity contribution in [2.75, 3.05) is 31.6 Å². The minimum Gasteiger partial charge on any atom is -0.495 e. The van der Waals surface area contributed by atoms with E-state index in [1.807, 2.05) is 12.1 Å². The van der Waals surface area contributed by atoms with Gasteiger partial charge in [-0.1, -0.05) is 12.1 Å². The van der Waals surface area contributed by atoms with Crippen LogP contribution in [0.15, 0.2) is 24.3 Å². The van der Waals surface area contributed by atoms with E-state index < -0.39 is 17.4 Å². The van der Waals surface area contributed by atoms with Gasteiger partial charge in [0.25, 0.3) is 0 Å². The topological polar surface area (TPSA) is 113 Å². The maximum absolute atomic E-state index is 12.8. The number of nitrogens with two attached hydrogens (primary N) is 1. The van der Waals surface area contributed by atoms with E-state index in [2.05, 4.69) is 0 Å². The monoisotopic (exact) mass is 361 g/mol. The van der Waals surface area contributed by atoms with Gasteiger partial charge in [-0.25, -0.2) is 0 Å². The van der Waals surface area contributed by atoms with Crippen molar-refractivity contribution in [3.05, 3.63) is 24.3 Å². The number of piperidine rings is 1. The molecule has 8 heteroatoms. The van der Waals surface area contributed by atoms with Crippen LogP contribution in [0.25, 0.3) is 0 Å². The Hall–Kier alpha value is -2.61. The number of primary amides is 1. The predicted octanol–water partition coefficient (Wildman–Crippen LogP) is -0.113. The van der Waals surface area contributed by atoms with Crippen LogP contribution in [0.4, 0.5) is 5.69 Å². The number of aliphatic hydroxyl groups is 1. The van der Waals surface area contributed by atoms with Gasteiger partial charge in [-0.3, -0.25) is 14.4 Å². The van der Waals surface area contributed by atoms with Gasteiger partial charge in [0, 0.05) is 38.9 Å². The third kappa shape index (κ3) is 3.24. The van der Waals surface area contributed by atoms with Crippen LogP contribution < -0.4 is 15.4 Å². The molecule has 3 N–H and O–H groups in total. The second-order valence-corrected chi connectivity index (χ2v) is 6.80. The second kappa shape index (κ2) is 6.95.